The molecule has 3 heteroatoms. The van der Waals surface area contributed by atoms with Gasteiger partial charge >= 0.3 is 0 Å². The fourth-order valence-electron chi connectivity index (χ4n) is 3.25. The Balaban J connectivity index is 1.99. The molecule has 1 amide bonds. The summed E-state index contributed by atoms with van der Waals surface area (Å²) in [6.45, 7) is 6.04. The van der Waals surface area contributed by atoms with Crippen LogP contribution < -0.4 is 5.32 Å². The zero-order valence-electron chi connectivity index (χ0n) is 14.5. The summed E-state index contributed by atoms with van der Waals surface area (Å²) in [5, 5.41) is 3.04. The van der Waals surface area contributed by atoms with Gasteiger partial charge in [0.1, 0.15) is 0 Å². The van der Waals surface area contributed by atoms with Crippen LogP contribution >= 0.6 is 0 Å². The second-order valence-electron chi connectivity index (χ2n) is 7.09. The molecule has 0 aromatic heterocycles. The molecule has 2 rings (SSSR count). The molecular weight excluding hydrogens is 272 g/mol. The maximum absolute atomic E-state index is 12.2. The number of benzene rings is 1. The smallest absolute Gasteiger partial charge is 0.220 e. The lowest BCUT2D eigenvalue weighted by atomic mass is 9.84. The molecule has 122 valence electrons. The monoisotopic (exact) mass is 302 g/mol. The SMILES string of the molecule is CC(C)C(CC(=O)NCCN(C)C)c1ccc2c(c1)CCC2. The molecule has 0 heterocycles. The van der Waals surface area contributed by atoms with Crippen LogP contribution in [-0.4, -0.2) is 38.0 Å². The van der Waals surface area contributed by atoms with Crippen molar-refractivity contribution in [2.75, 3.05) is 27.2 Å². The van der Waals surface area contributed by atoms with Gasteiger partial charge in [-0.3, -0.25) is 4.79 Å². The molecule has 0 bridgehead atoms. The normalized spacial score (nSPS) is 15.2. The number of rotatable bonds is 7. The van der Waals surface area contributed by atoms with E-state index in [2.05, 4.69) is 42.3 Å². The summed E-state index contributed by atoms with van der Waals surface area (Å²) < 4.78 is 0. The molecule has 1 aliphatic carbocycles. The summed E-state index contributed by atoms with van der Waals surface area (Å²) in [5.74, 6) is 0.949. The average molecular weight is 302 g/mol. The Bertz CT molecular complexity index is 508. The molecule has 0 spiro atoms. The van der Waals surface area contributed by atoms with Crippen molar-refractivity contribution in [1.82, 2.24) is 10.2 Å². The molecule has 0 fully saturated rings. The Morgan fingerprint density at radius 1 is 1.23 bits per heavy atom. The molecule has 0 aliphatic heterocycles. The van der Waals surface area contributed by atoms with Gasteiger partial charge in [0.05, 0.1) is 0 Å². The zero-order chi connectivity index (χ0) is 16.1. The molecule has 0 saturated heterocycles. The van der Waals surface area contributed by atoms with E-state index in [9.17, 15) is 4.79 Å². The van der Waals surface area contributed by atoms with Crippen LogP contribution in [-0.2, 0) is 17.6 Å². The Kier molecular flexibility index (Phi) is 6.01. The van der Waals surface area contributed by atoms with Gasteiger partial charge in [0.15, 0.2) is 0 Å². The third-order valence-electron chi connectivity index (χ3n) is 4.64. The van der Waals surface area contributed by atoms with Crippen LogP contribution in [0.4, 0.5) is 0 Å². The summed E-state index contributed by atoms with van der Waals surface area (Å²) >= 11 is 0. The highest BCUT2D eigenvalue weighted by molar-refractivity contribution is 5.77. The van der Waals surface area contributed by atoms with Crippen molar-refractivity contribution in [2.24, 2.45) is 5.92 Å². The summed E-state index contributed by atoms with van der Waals surface area (Å²) in [4.78, 5) is 14.3. The first-order valence-electron chi connectivity index (χ1n) is 8.50. The first-order chi connectivity index (χ1) is 10.5. The molecule has 22 heavy (non-hydrogen) atoms. The second kappa shape index (κ2) is 7.77. The van der Waals surface area contributed by atoms with E-state index in [1.54, 1.807) is 0 Å². The highest BCUT2D eigenvalue weighted by atomic mass is 16.1. The van der Waals surface area contributed by atoms with E-state index >= 15 is 0 Å². The quantitative estimate of drug-likeness (QED) is 0.840. The van der Waals surface area contributed by atoms with Crippen molar-refractivity contribution in [2.45, 2.75) is 45.4 Å². The van der Waals surface area contributed by atoms with Gasteiger partial charge in [-0.2, -0.15) is 0 Å². The number of nitrogens with one attached hydrogen (secondary N) is 1. The van der Waals surface area contributed by atoms with E-state index in [0.717, 1.165) is 13.1 Å². The predicted molar refractivity (Wildman–Crippen MR) is 92.2 cm³/mol. The number of carbonyl (C=O) groups excluding carboxylic acids is 1. The number of aryl methyl sites for hydroxylation is 2. The lowest BCUT2D eigenvalue weighted by Gasteiger charge is -2.22. The summed E-state index contributed by atoms with van der Waals surface area (Å²) in [6, 6.07) is 6.86. The van der Waals surface area contributed by atoms with Crippen LogP contribution in [0, 0.1) is 5.92 Å². The van der Waals surface area contributed by atoms with E-state index in [1.165, 1.54) is 36.0 Å². The summed E-state index contributed by atoms with van der Waals surface area (Å²) in [5.41, 5.74) is 4.33. The maximum atomic E-state index is 12.2. The number of fused-ring (bicyclic) bond motifs is 1. The molecule has 1 aliphatic rings. The summed E-state index contributed by atoms with van der Waals surface area (Å²) in [6.07, 6.45) is 4.27. The summed E-state index contributed by atoms with van der Waals surface area (Å²) in [7, 11) is 4.04. The number of carbonyl (C=O) groups is 1. The first-order valence-corrected chi connectivity index (χ1v) is 8.50. The fraction of sp³-hybridized carbons (Fsp3) is 0.632. The van der Waals surface area contributed by atoms with Crippen LogP contribution in [0.1, 0.15) is 49.3 Å². The Morgan fingerprint density at radius 2 is 1.95 bits per heavy atom. The number of hydrogen-bond acceptors (Lipinski definition) is 2. The van der Waals surface area contributed by atoms with Crippen LogP contribution in [0.5, 0.6) is 0 Å². The zero-order valence-corrected chi connectivity index (χ0v) is 14.5. The van der Waals surface area contributed by atoms with E-state index in [1.807, 2.05) is 14.1 Å². The van der Waals surface area contributed by atoms with Crippen molar-refractivity contribution in [3.63, 3.8) is 0 Å². The average Bonchev–Trinajstić information content (AvgIpc) is 2.91. The van der Waals surface area contributed by atoms with Crippen molar-refractivity contribution in [3.05, 3.63) is 34.9 Å². The van der Waals surface area contributed by atoms with E-state index in [0.29, 0.717) is 18.3 Å². The van der Waals surface area contributed by atoms with Gasteiger partial charge < -0.3 is 10.2 Å². The minimum atomic E-state index is 0.168. The molecule has 1 unspecified atom stereocenters. The molecule has 0 saturated carbocycles. The van der Waals surface area contributed by atoms with Gasteiger partial charge in [-0.25, -0.2) is 0 Å². The van der Waals surface area contributed by atoms with Crippen LogP contribution in [0.15, 0.2) is 18.2 Å². The third-order valence-corrected chi connectivity index (χ3v) is 4.64. The third kappa shape index (κ3) is 4.57. The van der Waals surface area contributed by atoms with E-state index in [4.69, 9.17) is 0 Å². The first kappa shape index (κ1) is 17.0. The lowest BCUT2D eigenvalue weighted by Crippen LogP contribution is -2.32. The van der Waals surface area contributed by atoms with Crippen molar-refractivity contribution in [1.29, 1.82) is 0 Å². The molecule has 1 aromatic carbocycles. The molecule has 3 nitrogen and oxygen atoms in total. The molecule has 0 radical (unpaired) electrons. The van der Waals surface area contributed by atoms with Gasteiger partial charge in [-0.15, -0.1) is 0 Å². The topological polar surface area (TPSA) is 32.3 Å². The van der Waals surface area contributed by atoms with Gasteiger partial charge in [0.25, 0.3) is 0 Å². The van der Waals surface area contributed by atoms with Crippen molar-refractivity contribution in [3.8, 4) is 0 Å². The second-order valence-corrected chi connectivity index (χ2v) is 7.09. The Hall–Kier alpha value is -1.35. The van der Waals surface area contributed by atoms with Crippen LogP contribution in [0.3, 0.4) is 0 Å². The minimum Gasteiger partial charge on any atom is -0.355 e. The minimum absolute atomic E-state index is 0.168. The maximum Gasteiger partial charge on any atom is 0.220 e. The number of likely N-dealkylation sites (N-methyl/N-ethyl adjacent to an activating group) is 1. The highest BCUT2D eigenvalue weighted by Crippen LogP contribution is 2.32. The van der Waals surface area contributed by atoms with E-state index in [-0.39, 0.29) is 5.91 Å². The largest absolute Gasteiger partial charge is 0.355 e. The lowest BCUT2D eigenvalue weighted by molar-refractivity contribution is -0.121. The van der Waals surface area contributed by atoms with Crippen LogP contribution in [0.2, 0.25) is 0 Å². The number of amides is 1. The molecule has 1 N–H and O–H groups in total. The van der Waals surface area contributed by atoms with Gasteiger partial charge in [-0.05, 0) is 61.9 Å². The van der Waals surface area contributed by atoms with Gasteiger partial charge in [-0.1, -0.05) is 32.0 Å². The highest BCUT2D eigenvalue weighted by Gasteiger charge is 2.21. The Morgan fingerprint density at radius 3 is 2.64 bits per heavy atom. The Labute approximate surface area is 135 Å². The molecular formula is C19H30N2O. The molecule has 1 atom stereocenters. The van der Waals surface area contributed by atoms with Crippen molar-refractivity contribution < 1.29 is 4.79 Å². The van der Waals surface area contributed by atoms with Gasteiger partial charge in [0.2, 0.25) is 5.91 Å². The van der Waals surface area contributed by atoms with Crippen molar-refractivity contribution >= 4 is 5.91 Å². The standard InChI is InChI=1S/C19H30N2O/c1-14(2)18(13-19(22)20-10-11-21(3)4)17-9-8-15-6-5-7-16(15)12-17/h8-9,12,14,18H,5-7,10-11,13H2,1-4H3,(H,20,22). The molecule has 1 aromatic rings. The van der Waals surface area contributed by atoms with Crippen LogP contribution in [0.25, 0.3) is 0 Å². The fourth-order valence-corrected chi connectivity index (χ4v) is 3.25. The number of nitrogens with zero attached hydrogens (tertiary/aromatic N) is 1. The van der Waals surface area contributed by atoms with Gasteiger partial charge in [0, 0.05) is 19.5 Å². The predicted octanol–water partition coefficient (Wildman–Crippen LogP) is 2.98. The van der Waals surface area contributed by atoms with E-state index < -0.39 is 0 Å². The number of hydrogen-bond donors (Lipinski definition) is 1.